The highest BCUT2D eigenvalue weighted by atomic mass is 16.6. The minimum atomic E-state index is -0.778. The number of esters is 3. The van der Waals surface area contributed by atoms with Gasteiger partial charge in [0.05, 0.1) is 0 Å². The van der Waals surface area contributed by atoms with Gasteiger partial charge in [-0.05, 0) is 96.3 Å². The average Bonchev–Trinajstić information content (AvgIpc) is 3.48. The summed E-state index contributed by atoms with van der Waals surface area (Å²) in [5.41, 5.74) is 0. The molecule has 0 N–H and O–H groups in total. The molecule has 0 saturated heterocycles. The minimum absolute atomic E-state index is 0.0735. The van der Waals surface area contributed by atoms with Gasteiger partial charge in [-0.3, -0.25) is 14.4 Å². The number of unbranched alkanes of at least 4 members (excludes halogenated alkanes) is 41. The summed E-state index contributed by atoms with van der Waals surface area (Å²) in [6, 6.07) is 0. The quantitative estimate of drug-likeness (QED) is 0.0261. The highest BCUT2D eigenvalue weighted by molar-refractivity contribution is 5.71. The van der Waals surface area contributed by atoms with E-state index >= 15 is 0 Å². The zero-order valence-electron chi connectivity index (χ0n) is 55.2. The normalized spacial score (nSPS) is 12.6. The van der Waals surface area contributed by atoms with Crippen molar-refractivity contribution in [1.29, 1.82) is 0 Å². The molecule has 1 atom stereocenters. The van der Waals surface area contributed by atoms with Crippen LogP contribution in [-0.2, 0) is 28.6 Å². The zero-order chi connectivity index (χ0) is 59.9. The average molecular weight is 1160 g/mol. The molecule has 1 unspecified atom stereocenters. The van der Waals surface area contributed by atoms with E-state index in [-0.39, 0.29) is 31.1 Å². The van der Waals surface area contributed by atoms with Gasteiger partial charge in [0, 0.05) is 19.3 Å². The Bertz CT molecular complexity index is 1570. The Labute approximate surface area is 515 Å². The van der Waals surface area contributed by atoms with Crippen molar-refractivity contribution in [2.24, 2.45) is 0 Å². The van der Waals surface area contributed by atoms with Crippen molar-refractivity contribution in [3.63, 3.8) is 0 Å². The van der Waals surface area contributed by atoms with E-state index in [1.54, 1.807) is 0 Å². The largest absolute Gasteiger partial charge is 0.462 e. The molecule has 0 rings (SSSR count). The van der Waals surface area contributed by atoms with Crippen LogP contribution >= 0.6 is 0 Å². The van der Waals surface area contributed by atoms with Gasteiger partial charge in [-0.25, -0.2) is 0 Å². The molecular formula is C77H136O6. The molecule has 0 heterocycles. The van der Waals surface area contributed by atoms with Crippen molar-refractivity contribution in [3.05, 3.63) is 85.1 Å². The molecule has 0 aliphatic heterocycles. The fourth-order valence-corrected chi connectivity index (χ4v) is 10.5. The van der Waals surface area contributed by atoms with Crippen LogP contribution in [0, 0.1) is 0 Å². The number of hydrogen-bond donors (Lipinski definition) is 0. The molecule has 6 heteroatoms. The Kier molecular flexibility index (Phi) is 68.2. The number of allylic oxidation sites excluding steroid dienone is 14. The first-order valence-corrected chi connectivity index (χ1v) is 36.1. The van der Waals surface area contributed by atoms with Gasteiger partial charge in [-0.1, -0.05) is 337 Å². The maximum absolute atomic E-state index is 12.9. The van der Waals surface area contributed by atoms with Crippen LogP contribution in [0.4, 0.5) is 0 Å². The third kappa shape index (κ3) is 69.3. The Hall–Kier alpha value is -3.41. The molecule has 0 spiro atoms. The van der Waals surface area contributed by atoms with Crippen LogP contribution in [0.3, 0.4) is 0 Å². The number of hydrogen-bond acceptors (Lipinski definition) is 6. The van der Waals surface area contributed by atoms with Gasteiger partial charge in [0.2, 0.25) is 0 Å². The smallest absolute Gasteiger partial charge is 0.306 e. The van der Waals surface area contributed by atoms with Gasteiger partial charge in [-0.2, -0.15) is 0 Å². The van der Waals surface area contributed by atoms with E-state index in [4.69, 9.17) is 14.2 Å². The molecule has 0 aromatic carbocycles. The van der Waals surface area contributed by atoms with Gasteiger partial charge in [0.15, 0.2) is 6.10 Å². The highest BCUT2D eigenvalue weighted by Crippen LogP contribution is 2.18. The number of ether oxygens (including phenoxy) is 3. The van der Waals surface area contributed by atoms with Gasteiger partial charge in [-0.15, -0.1) is 0 Å². The van der Waals surface area contributed by atoms with Crippen LogP contribution < -0.4 is 0 Å². The van der Waals surface area contributed by atoms with E-state index < -0.39 is 6.10 Å². The number of rotatable bonds is 66. The van der Waals surface area contributed by atoms with Gasteiger partial charge < -0.3 is 14.2 Å². The van der Waals surface area contributed by atoms with Crippen LogP contribution in [0.15, 0.2) is 85.1 Å². The molecule has 0 saturated carbocycles. The van der Waals surface area contributed by atoms with Gasteiger partial charge in [0.1, 0.15) is 13.2 Å². The topological polar surface area (TPSA) is 78.9 Å². The molecule has 0 bridgehead atoms. The molecule has 83 heavy (non-hydrogen) atoms. The summed E-state index contributed by atoms with van der Waals surface area (Å²) in [5.74, 6) is -0.859. The molecule has 0 amide bonds. The van der Waals surface area contributed by atoms with E-state index in [9.17, 15) is 14.4 Å². The first-order valence-electron chi connectivity index (χ1n) is 36.1. The standard InChI is InChI=1S/C77H136O6/c1-4-7-10-13-16-19-22-24-26-28-30-32-34-35-36-37-38-39-40-41-43-44-46-48-50-52-55-58-61-64-67-70-76(79)82-73-74(72-81-75(78)69-66-63-60-57-54-21-18-15-12-9-6-3)83-77(80)71-68-65-62-59-56-53-51-49-47-45-42-33-31-29-27-25-23-20-17-14-11-8-5-2/h8,11,17,20,22,24-25,27-28,30-31,33-35,74H,4-7,9-10,12-16,18-19,21,23,26,29,32,36-73H2,1-3H3/b11-8-,20-17-,24-22-,27-25-,30-28-,33-31-,35-34-. The predicted molar refractivity (Wildman–Crippen MR) is 362 cm³/mol. The van der Waals surface area contributed by atoms with Crippen LogP contribution in [-0.4, -0.2) is 37.2 Å². The first kappa shape index (κ1) is 79.6. The lowest BCUT2D eigenvalue weighted by atomic mass is 10.0. The van der Waals surface area contributed by atoms with Crippen LogP contribution in [0.5, 0.6) is 0 Å². The third-order valence-corrected chi connectivity index (χ3v) is 15.9. The molecule has 0 fully saturated rings. The fourth-order valence-electron chi connectivity index (χ4n) is 10.5. The molecule has 480 valence electrons. The first-order chi connectivity index (χ1) is 41.0. The molecular weight excluding hydrogens is 1020 g/mol. The molecule has 0 aliphatic rings. The summed E-state index contributed by atoms with van der Waals surface area (Å²) in [7, 11) is 0. The molecule has 0 radical (unpaired) electrons. The second-order valence-electron chi connectivity index (χ2n) is 24.1. The lowest BCUT2D eigenvalue weighted by Gasteiger charge is -2.18. The fraction of sp³-hybridized carbons (Fsp3) is 0.779. The lowest BCUT2D eigenvalue weighted by Crippen LogP contribution is -2.30. The summed E-state index contributed by atoms with van der Waals surface area (Å²) in [4.78, 5) is 38.4. The van der Waals surface area contributed by atoms with Crippen molar-refractivity contribution in [2.75, 3.05) is 13.2 Å². The summed E-state index contributed by atoms with van der Waals surface area (Å²) in [5, 5.41) is 0. The van der Waals surface area contributed by atoms with Crippen molar-refractivity contribution in [2.45, 2.75) is 374 Å². The van der Waals surface area contributed by atoms with Crippen LogP contribution in [0.1, 0.15) is 367 Å². The monoisotopic (exact) mass is 1160 g/mol. The maximum atomic E-state index is 12.9. The second-order valence-corrected chi connectivity index (χ2v) is 24.1. The van der Waals surface area contributed by atoms with Crippen LogP contribution in [0.2, 0.25) is 0 Å². The molecule has 6 nitrogen and oxygen atoms in total. The van der Waals surface area contributed by atoms with Gasteiger partial charge >= 0.3 is 17.9 Å². The molecule has 0 aromatic heterocycles. The zero-order valence-corrected chi connectivity index (χ0v) is 55.2. The lowest BCUT2D eigenvalue weighted by molar-refractivity contribution is -0.167. The molecule has 0 aromatic rings. The van der Waals surface area contributed by atoms with Crippen molar-refractivity contribution in [1.82, 2.24) is 0 Å². The van der Waals surface area contributed by atoms with Crippen LogP contribution in [0.25, 0.3) is 0 Å². The summed E-state index contributed by atoms with van der Waals surface area (Å²) in [6.07, 6.45) is 94.8. The highest BCUT2D eigenvalue weighted by Gasteiger charge is 2.19. The SMILES string of the molecule is CC/C=C\C/C=C\C/C=C\C/C=C\CCCCCCCCCCCCC(=O)OC(COC(=O)CCCCCCCCCCCCC)COC(=O)CCCCCCCCCCCCCCCCCC/C=C\C/C=C\C/C=C\CCCCCCC. The molecule has 0 aliphatic carbocycles. The Morgan fingerprint density at radius 2 is 0.470 bits per heavy atom. The summed E-state index contributed by atoms with van der Waals surface area (Å²) >= 11 is 0. The summed E-state index contributed by atoms with van der Waals surface area (Å²) < 4.78 is 17.0. The summed E-state index contributed by atoms with van der Waals surface area (Å²) in [6.45, 7) is 6.55. The van der Waals surface area contributed by atoms with E-state index in [2.05, 4.69) is 106 Å². The van der Waals surface area contributed by atoms with E-state index in [1.165, 1.54) is 231 Å². The Morgan fingerprint density at radius 1 is 0.253 bits per heavy atom. The minimum Gasteiger partial charge on any atom is -0.462 e. The third-order valence-electron chi connectivity index (χ3n) is 15.9. The Balaban J connectivity index is 4.18. The maximum Gasteiger partial charge on any atom is 0.306 e. The van der Waals surface area contributed by atoms with Crippen molar-refractivity contribution >= 4 is 17.9 Å². The second kappa shape index (κ2) is 71.1. The van der Waals surface area contributed by atoms with E-state index in [0.29, 0.717) is 19.3 Å². The predicted octanol–water partition coefficient (Wildman–Crippen LogP) is 25.0. The van der Waals surface area contributed by atoms with Crippen molar-refractivity contribution < 1.29 is 28.6 Å². The Morgan fingerprint density at radius 3 is 0.735 bits per heavy atom. The van der Waals surface area contributed by atoms with Crippen molar-refractivity contribution in [3.8, 4) is 0 Å². The number of carbonyl (C=O) groups is 3. The van der Waals surface area contributed by atoms with E-state index in [0.717, 1.165) is 96.3 Å². The van der Waals surface area contributed by atoms with Gasteiger partial charge in [0.25, 0.3) is 0 Å². The number of carbonyl (C=O) groups excluding carboxylic acids is 3. The van der Waals surface area contributed by atoms with E-state index in [1.807, 2.05) is 0 Å².